The highest BCUT2D eigenvalue weighted by Gasteiger charge is 2.30. The van der Waals surface area contributed by atoms with Crippen molar-refractivity contribution in [2.75, 3.05) is 13.7 Å². The summed E-state index contributed by atoms with van der Waals surface area (Å²) in [5.41, 5.74) is 0.526. The summed E-state index contributed by atoms with van der Waals surface area (Å²) < 4.78 is 45.2. The lowest BCUT2D eigenvalue weighted by molar-refractivity contribution is -0.186. The number of ether oxygens (including phenoxy) is 2. The Bertz CT molecular complexity index is 531. The Balaban J connectivity index is 2.80. The number of benzene rings is 1. The molecule has 0 aromatic heterocycles. The molecule has 1 amide bonds. The average Bonchev–Trinajstić information content (AvgIpc) is 2.43. The molecule has 1 N–H and O–H groups in total. The fourth-order valence-electron chi connectivity index (χ4n) is 1.74. The molecule has 0 aliphatic heterocycles. The van der Waals surface area contributed by atoms with E-state index in [0.29, 0.717) is 11.3 Å². The molecule has 1 atom stereocenters. The van der Waals surface area contributed by atoms with Gasteiger partial charge in [-0.05, 0) is 17.7 Å². The molecule has 0 heterocycles. The van der Waals surface area contributed by atoms with Crippen LogP contribution in [0, 0.1) is 0 Å². The lowest BCUT2D eigenvalue weighted by atomic mass is 10.0. The van der Waals surface area contributed by atoms with E-state index in [-0.39, 0.29) is 0 Å². The van der Waals surface area contributed by atoms with Crippen molar-refractivity contribution in [2.45, 2.75) is 25.6 Å². The van der Waals surface area contributed by atoms with Gasteiger partial charge in [-0.25, -0.2) is 0 Å². The lowest BCUT2D eigenvalue weighted by Gasteiger charge is -2.18. The number of esters is 1. The summed E-state index contributed by atoms with van der Waals surface area (Å²) in [5, 5.41) is 2.50. The minimum absolute atomic E-state index is 0.414. The highest BCUT2D eigenvalue weighted by atomic mass is 19.4. The second-order valence-electron chi connectivity index (χ2n) is 4.51. The van der Waals surface area contributed by atoms with Crippen LogP contribution in [0.2, 0.25) is 0 Å². The number of amides is 1. The Morgan fingerprint density at radius 2 is 2.00 bits per heavy atom. The maximum atomic E-state index is 12.0. The van der Waals surface area contributed by atoms with Gasteiger partial charge in [0, 0.05) is 6.92 Å². The maximum Gasteiger partial charge on any atom is 0.422 e. The second-order valence-corrected chi connectivity index (χ2v) is 4.51. The van der Waals surface area contributed by atoms with Gasteiger partial charge in [0.15, 0.2) is 6.61 Å². The maximum absolute atomic E-state index is 12.0. The number of carbonyl (C=O) groups is 2. The van der Waals surface area contributed by atoms with Crippen molar-refractivity contribution < 1.29 is 32.2 Å². The molecule has 0 saturated heterocycles. The molecule has 1 aromatic rings. The topological polar surface area (TPSA) is 64.6 Å². The fraction of sp³-hybridized carbons (Fsp3) is 0.429. The molecular formula is C14H16F3NO4. The van der Waals surface area contributed by atoms with Gasteiger partial charge in [-0.2, -0.15) is 13.2 Å². The SMILES string of the molecule is COc1cccc([C@@H](CC(=O)OCC(F)(F)F)NC(C)=O)c1. The van der Waals surface area contributed by atoms with Crippen LogP contribution in [-0.4, -0.2) is 31.8 Å². The van der Waals surface area contributed by atoms with Crippen molar-refractivity contribution in [1.29, 1.82) is 0 Å². The number of carbonyl (C=O) groups excluding carboxylic acids is 2. The van der Waals surface area contributed by atoms with E-state index in [4.69, 9.17) is 4.74 Å². The van der Waals surface area contributed by atoms with E-state index in [0.717, 1.165) is 0 Å². The molecule has 22 heavy (non-hydrogen) atoms. The molecule has 5 nitrogen and oxygen atoms in total. The molecule has 0 bridgehead atoms. The summed E-state index contributed by atoms with van der Waals surface area (Å²) in [4.78, 5) is 22.7. The van der Waals surface area contributed by atoms with Crippen molar-refractivity contribution in [3.8, 4) is 5.75 Å². The van der Waals surface area contributed by atoms with Gasteiger partial charge in [0.05, 0.1) is 19.6 Å². The largest absolute Gasteiger partial charge is 0.497 e. The van der Waals surface area contributed by atoms with Crippen molar-refractivity contribution in [3.05, 3.63) is 29.8 Å². The van der Waals surface area contributed by atoms with Crippen LogP contribution in [0.1, 0.15) is 24.9 Å². The van der Waals surface area contributed by atoms with Gasteiger partial charge in [-0.3, -0.25) is 9.59 Å². The smallest absolute Gasteiger partial charge is 0.422 e. The summed E-state index contributed by atoms with van der Waals surface area (Å²) in [7, 11) is 1.45. The zero-order chi connectivity index (χ0) is 16.8. The number of nitrogens with one attached hydrogen (secondary N) is 1. The lowest BCUT2D eigenvalue weighted by Crippen LogP contribution is -2.29. The van der Waals surface area contributed by atoms with E-state index in [1.54, 1.807) is 24.3 Å². The first-order valence-electron chi connectivity index (χ1n) is 6.34. The molecule has 8 heteroatoms. The standard InChI is InChI=1S/C14H16F3NO4/c1-9(19)18-12(7-13(20)22-8-14(15,16)17)10-4-3-5-11(6-10)21-2/h3-6,12H,7-8H2,1-2H3,(H,18,19)/t12-/m1/s1. The van der Waals surface area contributed by atoms with E-state index in [9.17, 15) is 22.8 Å². The predicted molar refractivity (Wildman–Crippen MR) is 71.2 cm³/mol. The minimum Gasteiger partial charge on any atom is -0.497 e. The Hall–Kier alpha value is -2.25. The molecule has 1 rings (SSSR count). The van der Waals surface area contributed by atoms with Crippen molar-refractivity contribution in [1.82, 2.24) is 5.32 Å². The fourth-order valence-corrected chi connectivity index (χ4v) is 1.74. The third kappa shape index (κ3) is 6.47. The average molecular weight is 319 g/mol. The van der Waals surface area contributed by atoms with Crippen molar-refractivity contribution in [3.63, 3.8) is 0 Å². The molecule has 0 unspecified atom stereocenters. The third-order valence-corrected chi connectivity index (χ3v) is 2.64. The van der Waals surface area contributed by atoms with Gasteiger partial charge in [-0.15, -0.1) is 0 Å². The van der Waals surface area contributed by atoms with Gasteiger partial charge in [0.2, 0.25) is 5.91 Å². The zero-order valence-corrected chi connectivity index (χ0v) is 12.1. The molecule has 0 saturated carbocycles. The first-order valence-corrected chi connectivity index (χ1v) is 6.34. The summed E-state index contributed by atoms with van der Waals surface area (Å²) in [6, 6.07) is 5.71. The second kappa shape index (κ2) is 7.67. The van der Waals surface area contributed by atoms with Crippen molar-refractivity contribution in [2.24, 2.45) is 0 Å². The Kier molecular flexibility index (Phi) is 6.21. The molecule has 1 aromatic carbocycles. The van der Waals surface area contributed by atoms with Crippen LogP contribution in [0.5, 0.6) is 5.75 Å². The molecular weight excluding hydrogens is 303 g/mol. The molecule has 0 spiro atoms. The van der Waals surface area contributed by atoms with Crippen molar-refractivity contribution >= 4 is 11.9 Å². The van der Waals surface area contributed by atoms with Gasteiger partial charge >= 0.3 is 12.1 Å². The summed E-state index contributed by atoms with van der Waals surface area (Å²) in [6.45, 7) is -0.412. The predicted octanol–water partition coefficient (Wildman–Crippen LogP) is 2.37. The first-order chi connectivity index (χ1) is 10.2. The minimum atomic E-state index is -4.59. The van der Waals surface area contributed by atoms with Crippen LogP contribution in [0.4, 0.5) is 13.2 Å². The van der Waals surface area contributed by atoms with Crippen LogP contribution in [0.3, 0.4) is 0 Å². The van der Waals surface area contributed by atoms with E-state index in [2.05, 4.69) is 10.1 Å². The summed E-state index contributed by atoms with van der Waals surface area (Å²) >= 11 is 0. The van der Waals surface area contributed by atoms with E-state index in [1.165, 1.54) is 14.0 Å². The van der Waals surface area contributed by atoms with E-state index >= 15 is 0 Å². The van der Waals surface area contributed by atoms with Crippen LogP contribution in [0.15, 0.2) is 24.3 Å². The van der Waals surface area contributed by atoms with Crippen LogP contribution in [0.25, 0.3) is 0 Å². The summed E-state index contributed by atoms with van der Waals surface area (Å²) in [5.74, 6) is -0.980. The van der Waals surface area contributed by atoms with Crippen LogP contribution in [-0.2, 0) is 14.3 Å². The Morgan fingerprint density at radius 1 is 1.32 bits per heavy atom. The van der Waals surface area contributed by atoms with E-state index in [1.807, 2.05) is 0 Å². The van der Waals surface area contributed by atoms with Gasteiger partial charge in [-0.1, -0.05) is 12.1 Å². The summed E-state index contributed by atoms with van der Waals surface area (Å²) in [6.07, 6.45) is -5.00. The molecule has 0 aliphatic carbocycles. The Labute approximate surface area is 125 Å². The molecule has 0 radical (unpaired) electrons. The van der Waals surface area contributed by atoms with Gasteiger partial charge in [0.1, 0.15) is 5.75 Å². The first kappa shape index (κ1) is 17.8. The number of rotatable bonds is 6. The quantitative estimate of drug-likeness (QED) is 0.818. The number of methoxy groups -OCH3 is 1. The Morgan fingerprint density at radius 3 is 2.55 bits per heavy atom. The monoisotopic (exact) mass is 319 g/mol. The number of alkyl halides is 3. The number of hydrogen-bond donors (Lipinski definition) is 1. The zero-order valence-electron chi connectivity index (χ0n) is 12.1. The highest BCUT2D eigenvalue weighted by molar-refractivity contribution is 5.76. The van der Waals surface area contributed by atoms with E-state index < -0.39 is 37.1 Å². The molecule has 0 fully saturated rings. The van der Waals surface area contributed by atoms with Crippen LogP contribution >= 0.6 is 0 Å². The molecule has 122 valence electrons. The number of hydrogen-bond acceptors (Lipinski definition) is 4. The normalized spacial score (nSPS) is 12.4. The highest BCUT2D eigenvalue weighted by Crippen LogP contribution is 2.23. The van der Waals surface area contributed by atoms with Gasteiger partial charge in [0.25, 0.3) is 0 Å². The number of halogens is 3. The third-order valence-electron chi connectivity index (χ3n) is 2.64. The van der Waals surface area contributed by atoms with Crippen LogP contribution < -0.4 is 10.1 Å². The van der Waals surface area contributed by atoms with Gasteiger partial charge < -0.3 is 14.8 Å². The molecule has 0 aliphatic rings.